The van der Waals surface area contributed by atoms with Crippen molar-refractivity contribution < 1.29 is 13.5 Å². The molecule has 1 aliphatic carbocycles. The van der Waals surface area contributed by atoms with E-state index in [0.717, 1.165) is 30.2 Å². The molecule has 3 heteroatoms. The Balaban J connectivity index is 1.64. The highest BCUT2D eigenvalue weighted by atomic mass is 19.3. The van der Waals surface area contributed by atoms with Crippen molar-refractivity contribution in [2.45, 2.75) is 44.6 Å². The van der Waals surface area contributed by atoms with Gasteiger partial charge in [-0.25, -0.2) is 8.78 Å². The van der Waals surface area contributed by atoms with Gasteiger partial charge in [0.25, 0.3) is 0 Å². The van der Waals surface area contributed by atoms with Gasteiger partial charge in [-0.2, -0.15) is 0 Å². The predicted molar refractivity (Wildman–Crippen MR) is 87.9 cm³/mol. The topological polar surface area (TPSA) is 9.23 Å². The zero-order chi connectivity index (χ0) is 16.3. The molecule has 0 N–H and O–H groups in total. The maximum atomic E-state index is 13.5. The summed E-state index contributed by atoms with van der Waals surface area (Å²) in [6.45, 7) is 1.56. The fourth-order valence-corrected chi connectivity index (χ4v) is 3.34. The second kappa shape index (κ2) is 6.69. The van der Waals surface area contributed by atoms with Crippen LogP contribution in [-0.4, -0.2) is 5.92 Å². The average Bonchev–Trinajstić information content (AvgIpc) is 3.05. The summed E-state index contributed by atoms with van der Waals surface area (Å²) in [6.07, 6.45) is 1.99. The molecule has 0 bridgehead atoms. The van der Waals surface area contributed by atoms with Gasteiger partial charge in [0.1, 0.15) is 12.4 Å². The molecule has 2 aromatic carbocycles. The second-order valence-corrected chi connectivity index (χ2v) is 6.51. The molecule has 0 aliphatic heterocycles. The molecule has 0 saturated heterocycles. The molecular formula is C20H22F2O. The Bertz CT molecular complexity index is 634. The van der Waals surface area contributed by atoms with Crippen LogP contribution in [0.3, 0.4) is 0 Å². The Kier molecular flexibility index (Phi) is 4.65. The molecule has 1 saturated carbocycles. The van der Waals surface area contributed by atoms with E-state index in [9.17, 15) is 8.78 Å². The largest absolute Gasteiger partial charge is 0.489 e. The summed E-state index contributed by atoms with van der Waals surface area (Å²) >= 11 is 0. The first-order chi connectivity index (χ1) is 11.0. The van der Waals surface area contributed by atoms with Crippen LogP contribution >= 0.6 is 0 Å². The van der Waals surface area contributed by atoms with Gasteiger partial charge >= 0.3 is 0 Å². The Morgan fingerprint density at radius 1 is 1.04 bits per heavy atom. The van der Waals surface area contributed by atoms with Crippen molar-refractivity contribution in [1.29, 1.82) is 0 Å². The van der Waals surface area contributed by atoms with E-state index >= 15 is 0 Å². The minimum atomic E-state index is -2.57. The van der Waals surface area contributed by atoms with Crippen molar-refractivity contribution >= 4 is 0 Å². The zero-order valence-corrected chi connectivity index (χ0v) is 13.3. The van der Waals surface area contributed by atoms with Crippen LogP contribution in [0, 0.1) is 5.92 Å². The number of halogens is 2. The third kappa shape index (κ3) is 4.10. The summed E-state index contributed by atoms with van der Waals surface area (Å²) in [6, 6.07) is 17.9. The SMILES string of the molecule is CC(F)(F)C1CCC(c2cccc(OCc3ccccc3)c2)C1. The fraction of sp³-hybridized carbons (Fsp3) is 0.400. The first-order valence-electron chi connectivity index (χ1n) is 8.17. The van der Waals surface area contributed by atoms with E-state index in [2.05, 4.69) is 0 Å². The molecular weight excluding hydrogens is 294 g/mol. The lowest BCUT2D eigenvalue weighted by Gasteiger charge is -2.18. The highest BCUT2D eigenvalue weighted by Gasteiger charge is 2.40. The summed E-state index contributed by atoms with van der Waals surface area (Å²) in [5.74, 6) is -2.05. The molecule has 0 amide bonds. The Labute approximate surface area is 136 Å². The molecule has 2 aromatic rings. The third-order valence-electron chi connectivity index (χ3n) is 4.73. The number of benzene rings is 2. The smallest absolute Gasteiger partial charge is 0.248 e. The van der Waals surface area contributed by atoms with Crippen LogP contribution in [0.1, 0.15) is 43.2 Å². The van der Waals surface area contributed by atoms with Gasteiger partial charge in [-0.05, 0) is 55.4 Å². The highest BCUT2D eigenvalue weighted by molar-refractivity contribution is 5.32. The predicted octanol–water partition coefficient (Wildman–Crippen LogP) is 5.80. The van der Waals surface area contributed by atoms with E-state index in [0.29, 0.717) is 19.4 Å². The standard InChI is InChI=1S/C20H22F2O/c1-20(21,22)18-11-10-17(12-18)16-8-5-9-19(13-16)23-14-15-6-3-2-4-7-15/h2-9,13,17-18H,10-12,14H2,1H3. The fourth-order valence-electron chi connectivity index (χ4n) is 3.34. The van der Waals surface area contributed by atoms with E-state index in [4.69, 9.17) is 4.74 Å². The molecule has 2 atom stereocenters. The molecule has 2 unspecified atom stereocenters. The van der Waals surface area contributed by atoms with Crippen LogP contribution in [0.25, 0.3) is 0 Å². The minimum absolute atomic E-state index is 0.214. The second-order valence-electron chi connectivity index (χ2n) is 6.51. The molecule has 0 aromatic heterocycles. The van der Waals surface area contributed by atoms with E-state index < -0.39 is 11.8 Å². The molecule has 3 rings (SSSR count). The Morgan fingerprint density at radius 3 is 2.52 bits per heavy atom. The van der Waals surface area contributed by atoms with Gasteiger partial charge in [-0.15, -0.1) is 0 Å². The van der Waals surface area contributed by atoms with Crippen LogP contribution in [0.4, 0.5) is 8.78 Å². The first kappa shape index (κ1) is 16.0. The van der Waals surface area contributed by atoms with Gasteiger partial charge in [-0.3, -0.25) is 0 Å². The molecule has 1 fully saturated rings. The quantitative estimate of drug-likeness (QED) is 0.677. The maximum Gasteiger partial charge on any atom is 0.248 e. The molecule has 0 heterocycles. The van der Waals surface area contributed by atoms with E-state index in [1.165, 1.54) is 0 Å². The first-order valence-corrected chi connectivity index (χ1v) is 8.17. The van der Waals surface area contributed by atoms with Crippen molar-refractivity contribution in [1.82, 2.24) is 0 Å². The van der Waals surface area contributed by atoms with Crippen molar-refractivity contribution in [2.24, 2.45) is 5.92 Å². The van der Waals surface area contributed by atoms with Crippen molar-refractivity contribution in [2.75, 3.05) is 0 Å². The van der Waals surface area contributed by atoms with Gasteiger partial charge in [-0.1, -0.05) is 42.5 Å². The number of ether oxygens (including phenoxy) is 1. The third-order valence-corrected chi connectivity index (χ3v) is 4.73. The van der Waals surface area contributed by atoms with E-state index in [1.807, 2.05) is 54.6 Å². The van der Waals surface area contributed by atoms with Crippen molar-refractivity contribution in [3.8, 4) is 5.75 Å². The number of hydrogen-bond acceptors (Lipinski definition) is 1. The molecule has 1 nitrogen and oxygen atoms in total. The lowest BCUT2D eigenvalue weighted by Crippen LogP contribution is -2.21. The molecule has 0 spiro atoms. The summed E-state index contributed by atoms with van der Waals surface area (Å²) in [4.78, 5) is 0. The van der Waals surface area contributed by atoms with Crippen molar-refractivity contribution in [3.63, 3.8) is 0 Å². The van der Waals surface area contributed by atoms with Crippen LogP contribution in [-0.2, 0) is 6.61 Å². The highest BCUT2D eigenvalue weighted by Crippen LogP contribution is 2.45. The normalized spacial score (nSPS) is 21.3. The number of alkyl halides is 2. The summed E-state index contributed by atoms with van der Waals surface area (Å²) < 4.78 is 32.8. The molecule has 0 radical (unpaired) electrons. The minimum Gasteiger partial charge on any atom is -0.489 e. The number of hydrogen-bond donors (Lipinski definition) is 0. The lowest BCUT2D eigenvalue weighted by molar-refractivity contribution is -0.0372. The Hall–Kier alpha value is -1.90. The van der Waals surface area contributed by atoms with Gasteiger partial charge in [0, 0.05) is 5.92 Å². The van der Waals surface area contributed by atoms with Crippen LogP contribution in [0.5, 0.6) is 5.75 Å². The lowest BCUT2D eigenvalue weighted by atomic mass is 9.94. The van der Waals surface area contributed by atoms with E-state index in [-0.39, 0.29) is 5.92 Å². The van der Waals surface area contributed by atoms with Gasteiger partial charge in [0.05, 0.1) is 0 Å². The average molecular weight is 316 g/mol. The number of rotatable bonds is 5. The van der Waals surface area contributed by atoms with Gasteiger partial charge in [0.15, 0.2) is 0 Å². The summed E-state index contributed by atoms with van der Waals surface area (Å²) in [5, 5.41) is 0. The zero-order valence-electron chi connectivity index (χ0n) is 13.3. The van der Waals surface area contributed by atoms with Crippen LogP contribution in [0.2, 0.25) is 0 Å². The van der Waals surface area contributed by atoms with Crippen LogP contribution < -0.4 is 4.74 Å². The van der Waals surface area contributed by atoms with E-state index in [1.54, 1.807) is 0 Å². The van der Waals surface area contributed by atoms with Crippen molar-refractivity contribution in [3.05, 3.63) is 65.7 Å². The Morgan fingerprint density at radius 2 is 1.83 bits per heavy atom. The molecule has 122 valence electrons. The van der Waals surface area contributed by atoms with Gasteiger partial charge < -0.3 is 4.74 Å². The maximum absolute atomic E-state index is 13.5. The van der Waals surface area contributed by atoms with Crippen LogP contribution in [0.15, 0.2) is 54.6 Å². The summed E-state index contributed by atoms with van der Waals surface area (Å²) in [5.41, 5.74) is 2.23. The monoisotopic (exact) mass is 316 g/mol. The summed E-state index contributed by atoms with van der Waals surface area (Å²) in [7, 11) is 0. The molecule has 1 aliphatic rings. The molecule has 23 heavy (non-hydrogen) atoms. The van der Waals surface area contributed by atoms with Gasteiger partial charge in [0.2, 0.25) is 5.92 Å².